The molecule has 192 valence electrons. The molecule has 16 heteroatoms. The van der Waals surface area contributed by atoms with Crippen LogP contribution in [0.1, 0.15) is 24.5 Å². The van der Waals surface area contributed by atoms with Crippen LogP contribution in [0, 0.1) is 0 Å². The van der Waals surface area contributed by atoms with Crippen molar-refractivity contribution in [3.8, 4) is 0 Å². The topological polar surface area (TPSA) is 116 Å². The van der Waals surface area contributed by atoms with Gasteiger partial charge in [-0.05, 0) is 13.3 Å². The molecule has 2 N–H and O–H groups in total. The number of ether oxygens (including phenoxy) is 1. The third-order valence-electron chi connectivity index (χ3n) is 5.00. The van der Waals surface area contributed by atoms with Crippen molar-refractivity contribution in [1.82, 2.24) is 25.1 Å². The number of carbonyl (C=O) groups excluding carboxylic acids is 1. The molecule has 3 rings (SSSR count). The third-order valence-corrected chi connectivity index (χ3v) is 5.00. The SMILES string of the molecule is C[C@@H](COC(=O)N1CCCN(c2ncc(C(F)(F)F)cn2)CC1)Nc1cn[nH]c(=O)c1C(F)(F)F. The highest BCUT2D eigenvalue weighted by molar-refractivity contribution is 5.68. The minimum atomic E-state index is -4.91. The van der Waals surface area contributed by atoms with Crippen LogP contribution in [0.3, 0.4) is 0 Å². The molecule has 0 aromatic carbocycles. The number of anilines is 2. The van der Waals surface area contributed by atoms with Crippen molar-refractivity contribution in [2.24, 2.45) is 0 Å². The Labute approximate surface area is 194 Å². The quantitative estimate of drug-likeness (QED) is 0.592. The first kappa shape index (κ1) is 26.0. The normalized spacial score (nSPS) is 16.0. The Kier molecular flexibility index (Phi) is 7.70. The van der Waals surface area contributed by atoms with E-state index in [1.165, 1.54) is 11.8 Å². The molecule has 1 aliphatic rings. The smallest absolute Gasteiger partial charge is 0.423 e. The molecule has 1 amide bonds. The molecule has 2 aromatic rings. The molecular weight excluding hydrogens is 488 g/mol. The summed E-state index contributed by atoms with van der Waals surface area (Å²) in [5, 5.41) is 7.55. The zero-order valence-electron chi connectivity index (χ0n) is 18.3. The molecule has 35 heavy (non-hydrogen) atoms. The summed E-state index contributed by atoms with van der Waals surface area (Å²) in [6.07, 6.45) is -7.53. The summed E-state index contributed by atoms with van der Waals surface area (Å²) in [5.74, 6) is 0.0953. The Morgan fingerprint density at radius 2 is 1.77 bits per heavy atom. The van der Waals surface area contributed by atoms with Crippen molar-refractivity contribution >= 4 is 17.7 Å². The second-order valence-corrected chi connectivity index (χ2v) is 7.71. The van der Waals surface area contributed by atoms with Crippen LogP contribution in [0.2, 0.25) is 0 Å². The van der Waals surface area contributed by atoms with Gasteiger partial charge in [-0.15, -0.1) is 0 Å². The molecule has 2 aromatic heterocycles. The maximum atomic E-state index is 13.1. The van der Waals surface area contributed by atoms with E-state index in [4.69, 9.17) is 4.74 Å². The summed E-state index contributed by atoms with van der Waals surface area (Å²) in [4.78, 5) is 34.5. The number of aromatic nitrogens is 4. The Morgan fingerprint density at radius 1 is 1.09 bits per heavy atom. The van der Waals surface area contributed by atoms with Crippen molar-refractivity contribution in [1.29, 1.82) is 0 Å². The molecule has 1 saturated heterocycles. The standard InChI is InChI=1S/C19H21F6N7O3/c1-11(29-13-9-28-30-15(33)14(13)19(23,24)25)10-35-17(34)32-4-2-3-31(5-6-32)16-26-7-12(8-27-16)18(20,21)22/h7-9,11H,2-6,10H2,1H3,(H2,29,30,33)/t11-/m0/s1. The summed E-state index contributed by atoms with van der Waals surface area (Å²) in [6.45, 7) is 2.24. The van der Waals surface area contributed by atoms with Crippen molar-refractivity contribution in [2.75, 3.05) is 43.0 Å². The Hall–Kier alpha value is -3.59. The molecule has 1 atom stereocenters. The lowest BCUT2D eigenvalue weighted by Crippen LogP contribution is -2.37. The number of nitrogens with zero attached hydrogens (tertiary/aromatic N) is 5. The highest BCUT2D eigenvalue weighted by Gasteiger charge is 2.37. The number of carbonyl (C=O) groups is 1. The number of amides is 1. The van der Waals surface area contributed by atoms with Crippen LogP contribution in [0.5, 0.6) is 0 Å². The van der Waals surface area contributed by atoms with Gasteiger partial charge in [0.2, 0.25) is 5.95 Å². The molecule has 0 spiro atoms. The minimum absolute atomic E-state index is 0.0953. The van der Waals surface area contributed by atoms with Gasteiger partial charge in [-0.1, -0.05) is 0 Å². The number of alkyl halides is 6. The fourth-order valence-electron chi connectivity index (χ4n) is 3.31. The van der Waals surface area contributed by atoms with Gasteiger partial charge in [-0.2, -0.15) is 31.4 Å². The maximum absolute atomic E-state index is 13.1. The van der Waals surface area contributed by atoms with Gasteiger partial charge in [-0.25, -0.2) is 19.9 Å². The lowest BCUT2D eigenvalue weighted by molar-refractivity contribution is -0.139. The first-order valence-electron chi connectivity index (χ1n) is 10.3. The summed E-state index contributed by atoms with van der Waals surface area (Å²) in [7, 11) is 0. The molecule has 1 fully saturated rings. The average Bonchev–Trinajstić information content (AvgIpc) is 3.02. The fourth-order valence-corrected chi connectivity index (χ4v) is 3.31. The molecule has 0 bridgehead atoms. The van der Waals surface area contributed by atoms with Gasteiger partial charge < -0.3 is 19.9 Å². The Balaban J connectivity index is 1.53. The van der Waals surface area contributed by atoms with E-state index in [0.29, 0.717) is 25.4 Å². The van der Waals surface area contributed by atoms with Crippen LogP contribution in [0.4, 0.5) is 42.8 Å². The van der Waals surface area contributed by atoms with E-state index in [1.54, 1.807) is 10.00 Å². The van der Waals surface area contributed by atoms with Gasteiger partial charge >= 0.3 is 18.4 Å². The van der Waals surface area contributed by atoms with E-state index >= 15 is 0 Å². The van der Waals surface area contributed by atoms with Gasteiger partial charge in [-0.3, -0.25) is 4.79 Å². The Morgan fingerprint density at radius 3 is 2.40 bits per heavy atom. The van der Waals surface area contributed by atoms with Crippen LogP contribution in [0.25, 0.3) is 0 Å². The van der Waals surface area contributed by atoms with E-state index in [-0.39, 0.29) is 32.2 Å². The number of aromatic amines is 1. The number of nitrogens with one attached hydrogen (secondary N) is 2. The first-order valence-corrected chi connectivity index (χ1v) is 10.3. The summed E-state index contributed by atoms with van der Waals surface area (Å²) < 4.78 is 82.6. The third kappa shape index (κ3) is 6.73. The predicted octanol–water partition coefficient (Wildman–Crippen LogP) is 2.75. The maximum Gasteiger partial charge on any atom is 0.423 e. The molecule has 3 heterocycles. The van der Waals surface area contributed by atoms with E-state index in [9.17, 15) is 35.9 Å². The molecular formula is C19H21F6N7O3. The van der Waals surface area contributed by atoms with Crippen molar-refractivity contribution in [2.45, 2.75) is 31.7 Å². The van der Waals surface area contributed by atoms with Crippen LogP contribution in [-0.4, -0.2) is 70.0 Å². The van der Waals surface area contributed by atoms with Gasteiger partial charge in [0.15, 0.2) is 0 Å². The minimum Gasteiger partial charge on any atom is -0.447 e. The molecule has 10 nitrogen and oxygen atoms in total. The Bertz CT molecular complexity index is 1070. The fraction of sp³-hybridized carbons (Fsp3) is 0.526. The van der Waals surface area contributed by atoms with Crippen LogP contribution < -0.4 is 15.8 Å². The monoisotopic (exact) mass is 509 g/mol. The number of H-pyrrole nitrogens is 1. The van der Waals surface area contributed by atoms with Gasteiger partial charge in [0.1, 0.15) is 12.2 Å². The van der Waals surface area contributed by atoms with Crippen LogP contribution in [-0.2, 0) is 17.1 Å². The average molecular weight is 509 g/mol. The molecule has 0 aliphatic carbocycles. The second kappa shape index (κ2) is 10.4. The van der Waals surface area contributed by atoms with Gasteiger partial charge in [0.05, 0.1) is 23.5 Å². The van der Waals surface area contributed by atoms with E-state index < -0.39 is 46.9 Å². The second-order valence-electron chi connectivity index (χ2n) is 7.71. The lowest BCUT2D eigenvalue weighted by atomic mass is 10.2. The predicted molar refractivity (Wildman–Crippen MR) is 110 cm³/mol. The van der Waals surface area contributed by atoms with E-state index in [0.717, 1.165) is 6.20 Å². The largest absolute Gasteiger partial charge is 0.447 e. The van der Waals surface area contributed by atoms with Gasteiger partial charge in [0, 0.05) is 38.6 Å². The highest BCUT2D eigenvalue weighted by Crippen LogP contribution is 2.31. The van der Waals surface area contributed by atoms with Crippen molar-refractivity contribution in [3.63, 3.8) is 0 Å². The van der Waals surface area contributed by atoms with Crippen molar-refractivity contribution in [3.05, 3.63) is 40.1 Å². The van der Waals surface area contributed by atoms with E-state index in [1.807, 2.05) is 0 Å². The molecule has 1 aliphatic heterocycles. The number of rotatable bonds is 5. The molecule has 0 radical (unpaired) electrons. The number of hydrogen-bond acceptors (Lipinski definition) is 8. The van der Waals surface area contributed by atoms with Crippen LogP contribution in [0.15, 0.2) is 23.4 Å². The lowest BCUT2D eigenvalue weighted by Gasteiger charge is -2.23. The number of hydrogen-bond donors (Lipinski definition) is 2. The zero-order chi connectivity index (χ0) is 25.8. The summed E-state index contributed by atoms with van der Waals surface area (Å²) >= 11 is 0. The molecule has 0 unspecified atom stereocenters. The highest BCUT2D eigenvalue weighted by atomic mass is 19.4. The first-order chi connectivity index (χ1) is 16.4. The summed E-state index contributed by atoms with van der Waals surface area (Å²) in [6, 6.07) is -0.785. The van der Waals surface area contributed by atoms with Crippen LogP contribution >= 0.6 is 0 Å². The van der Waals surface area contributed by atoms with Crippen molar-refractivity contribution < 1.29 is 35.9 Å². The zero-order valence-corrected chi connectivity index (χ0v) is 18.3. The number of halogens is 6. The molecule has 0 saturated carbocycles. The van der Waals surface area contributed by atoms with E-state index in [2.05, 4.69) is 20.4 Å². The van der Waals surface area contributed by atoms with Gasteiger partial charge in [0.25, 0.3) is 5.56 Å². The summed E-state index contributed by atoms with van der Waals surface area (Å²) in [5.41, 5.74) is -4.37.